The van der Waals surface area contributed by atoms with Crippen LogP contribution in [-0.2, 0) is 7.05 Å². The van der Waals surface area contributed by atoms with Crippen LogP contribution >= 0.6 is 0 Å². The molecule has 4 heterocycles. The molecule has 0 radical (unpaired) electrons. The van der Waals surface area contributed by atoms with Gasteiger partial charge in [-0.3, -0.25) is 4.98 Å². The van der Waals surface area contributed by atoms with E-state index < -0.39 is 0 Å². The average molecular weight is 431 g/mol. The molecular weight excluding hydrogens is 402 g/mol. The van der Waals surface area contributed by atoms with E-state index in [0.717, 1.165) is 17.8 Å². The van der Waals surface area contributed by atoms with Gasteiger partial charge < -0.3 is 4.40 Å². The molecule has 6 aromatic rings. The topological polar surface area (TPSA) is 21.2 Å². The van der Waals surface area contributed by atoms with Crippen LogP contribution in [0, 0.1) is 25.7 Å². The van der Waals surface area contributed by atoms with Gasteiger partial charge in [-0.05, 0) is 91.1 Å². The summed E-state index contributed by atoms with van der Waals surface area (Å²) in [4.78, 5) is 4.56. The molecule has 3 atom stereocenters. The second-order valence-corrected chi connectivity index (χ2v) is 10.9. The maximum atomic E-state index is 4.56. The molecule has 2 fully saturated rings. The van der Waals surface area contributed by atoms with Gasteiger partial charge in [0.2, 0.25) is 5.52 Å². The van der Waals surface area contributed by atoms with Gasteiger partial charge in [0.25, 0.3) is 0 Å². The van der Waals surface area contributed by atoms with Gasteiger partial charge in [0.05, 0.1) is 33.5 Å². The van der Waals surface area contributed by atoms with Crippen LogP contribution in [0.4, 0.5) is 0 Å². The molecule has 3 heteroatoms. The van der Waals surface area contributed by atoms with Crippen molar-refractivity contribution in [1.82, 2.24) is 9.38 Å². The highest BCUT2D eigenvalue weighted by Crippen LogP contribution is 2.53. The summed E-state index contributed by atoms with van der Waals surface area (Å²) in [7, 11) is 2.20. The van der Waals surface area contributed by atoms with E-state index in [4.69, 9.17) is 0 Å². The Bertz CT molecular complexity index is 1770. The molecule has 0 N–H and O–H groups in total. The Labute approximate surface area is 193 Å². The summed E-state index contributed by atoms with van der Waals surface area (Å²) in [6, 6.07) is 12.0. The molecule has 162 valence electrons. The van der Waals surface area contributed by atoms with Gasteiger partial charge in [-0.15, -0.1) is 0 Å². The van der Waals surface area contributed by atoms with E-state index in [-0.39, 0.29) is 0 Å². The number of hydrogen-bond donors (Lipinski definition) is 0. The molecule has 0 spiro atoms. The molecule has 2 aliphatic carbocycles. The standard InChI is InChI=1S/C30H28N3/c1-16-10-24-22-6-8-31-15-26(22)33-25-14-21(23-12-18-4-5-19(23)11-18)13-20-7-9-32(3)30(28(20)25)27(17(16)2)29(24)33/h6-10,13-15,18-19,23H,4-5,11-12H2,1-3H3/q+1. The van der Waals surface area contributed by atoms with Crippen molar-refractivity contribution in [3.8, 4) is 0 Å². The van der Waals surface area contributed by atoms with Gasteiger partial charge in [0.15, 0.2) is 6.20 Å². The Morgan fingerprint density at radius 2 is 1.88 bits per heavy atom. The number of fused-ring (bicyclic) bond motifs is 7. The van der Waals surface area contributed by atoms with E-state index in [9.17, 15) is 0 Å². The molecule has 2 bridgehead atoms. The van der Waals surface area contributed by atoms with E-state index in [1.165, 1.54) is 85.8 Å². The second-order valence-electron chi connectivity index (χ2n) is 10.9. The number of hydrogen-bond acceptors (Lipinski definition) is 1. The van der Waals surface area contributed by atoms with E-state index >= 15 is 0 Å². The third-order valence-electron chi connectivity index (χ3n) is 9.26. The first kappa shape index (κ1) is 18.3. The molecule has 2 aromatic carbocycles. The zero-order chi connectivity index (χ0) is 22.0. The predicted molar refractivity (Wildman–Crippen MR) is 135 cm³/mol. The molecule has 3 nitrogen and oxygen atoms in total. The molecule has 2 aliphatic rings. The van der Waals surface area contributed by atoms with E-state index in [2.05, 4.69) is 77.6 Å². The lowest BCUT2D eigenvalue weighted by Gasteiger charge is -2.23. The lowest BCUT2D eigenvalue weighted by atomic mass is 9.82. The molecular formula is C30H28N3+. The first-order chi connectivity index (χ1) is 16.1. The summed E-state index contributed by atoms with van der Waals surface area (Å²) < 4.78 is 4.87. The van der Waals surface area contributed by atoms with Crippen molar-refractivity contribution in [2.75, 3.05) is 0 Å². The molecule has 3 unspecified atom stereocenters. The van der Waals surface area contributed by atoms with Gasteiger partial charge in [-0.2, -0.15) is 0 Å². The Hall–Kier alpha value is -3.20. The Morgan fingerprint density at radius 1 is 0.970 bits per heavy atom. The van der Waals surface area contributed by atoms with E-state index in [1.807, 2.05) is 6.20 Å². The Balaban J connectivity index is 1.65. The second kappa shape index (κ2) is 6.02. The minimum absolute atomic E-state index is 0.721. The maximum absolute atomic E-state index is 4.56. The van der Waals surface area contributed by atoms with Gasteiger partial charge in [-0.1, -0.05) is 12.5 Å². The van der Waals surface area contributed by atoms with Crippen molar-refractivity contribution in [2.24, 2.45) is 18.9 Å². The van der Waals surface area contributed by atoms with Gasteiger partial charge in [-0.25, -0.2) is 4.57 Å². The fraction of sp³-hybridized carbons (Fsp3) is 0.333. The number of benzene rings is 2. The van der Waals surface area contributed by atoms with Crippen LogP contribution in [0.1, 0.15) is 48.3 Å². The molecule has 0 saturated heterocycles. The monoisotopic (exact) mass is 430 g/mol. The first-order valence-electron chi connectivity index (χ1n) is 12.5. The molecule has 0 aliphatic heterocycles. The smallest absolute Gasteiger partial charge is 0.224 e. The number of aromatic nitrogens is 3. The molecule has 33 heavy (non-hydrogen) atoms. The van der Waals surface area contributed by atoms with Crippen molar-refractivity contribution in [2.45, 2.75) is 45.4 Å². The SMILES string of the molecule is Cc1cc2c3ccncc3n3c4cc(C5CC6CCC5C6)cc5cc[n+](C)c(c(c1C)c23)c54. The van der Waals surface area contributed by atoms with Crippen molar-refractivity contribution in [3.63, 3.8) is 0 Å². The van der Waals surface area contributed by atoms with Crippen LogP contribution in [0.25, 0.3) is 49.0 Å². The van der Waals surface area contributed by atoms with Gasteiger partial charge in [0, 0.05) is 23.0 Å². The molecule has 8 rings (SSSR count). The third-order valence-corrected chi connectivity index (χ3v) is 9.26. The first-order valence-corrected chi connectivity index (χ1v) is 12.5. The summed E-state index contributed by atoms with van der Waals surface area (Å²) >= 11 is 0. The fourth-order valence-electron chi connectivity index (χ4n) is 7.64. The highest BCUT2D eigenvalue weighted by Gasteiger charge is 2.40. The van der Waals surface area contributed by atoms with Gasteiger partial charge in [0.1, 0.15) is 7.05 Å². The van der Waals surface area contributed by atoms with Crippen molar-refractivity contribution in [1.29, 1.82) is 0 Å². The number of rotatable bonds is 1. The molecule has 4 aromatic heterocycles. The minimum atomic E-state index is 0.721. The van der Waals surface area contributed by atoms with Crippen LogP contribution < -0.4 is 4.57 Å². The van der Waals surface area contributed by atoms with Crippen LogP contribution in [0.3, 0.4) is 0 Å². The average Bonchev–Trinajstić information content (AvgIpc) is 3.54. The van der Waals surface area contributed by atoms with Crippen LogP contribution in [-0.4, -0.2) is 9.38 Å². The highest BCUT2D eigenvalue weighted by molar-refractivity contribution is 6.26. The zero-order valence-electron chi connectivity index (χ0n) is 19.5. The van der Waals surface area contributed by atoms with E-state index in [0.29, 0.717) is 0 Å². The highest BCUT2D eigenvalue weighted by atomic mass is 15.0. The lowest BCUT2D eigenvalue weighted by Crippen LogP contribution is -2.29. The quantitative estimate of drug-likeness (QED) is 0.161. The summed E-state index contributed by atoms with van der Waals surface area (Å²) in [5.74, 6) is 2.55. The maximum Gasteiger partial charge on any atom is 0.224 e. The minimum Gasteiger partial charge on any atom is -0.306 e. The summed E-state index contributed by atoms with van der Waals surface area (Å²) in [5, 5.41) is 6.80. The number of nitrogens with zero attached hydrogens (tertiary/aromatic N) is 3. The van der Waals surface area contributed by atoms with Crippen LogP contribution in [0.15, 0.2) is 48.9 Å². The molecule has 2 saturated carbocycles. The molecule has 0 amide bonds. The van der Waals surface area contributed by atoms with Crippen molar-refractivity contribution in [3.05, 3.63) is 65.6 Å². The van der Waals surface area contributed by atoms with Crippen molar-refractivity contribution < 1.29 is 4.57 Å². The van der Waals surface area contributed by atoms with E-state index in [1.54, 1.807) is 5.56 Å². The Morgan fingerprint density at radius 3 is 2.70 bits per heavy atom. The van der Waals surface area contributed by atoms with Crippen LogP contribution in [0.2, 0.25) is 0 Å². The van der Waals surface area contributed by atoms with Crippen molar-refractivity contribution >= 4 is 49.0 Å². The lowest BCUT2D eigenvalue weighted by molar-refractivity contribution is -0.643. The summed E-state index contributed by atoms with van der Waals surface area (Å²) in [6.45, 7) is 4.54. The zero-order valence-corrected chi connectivity index (χ0v) is 19.5. The largest absolute Gasteiger partial charge is 0.306 e. The Kier molecular flexibility index (Phi) is 3.33. The fourth-order valence-corrected chi connectivity index (χ4v) is 7.64. The normalized spacial score (nSPS) is 22.8. The van der Waals surface area contributed by atoms with Crippen LogP contribution in [0.5, 0.6) is 0 Å². The third kappa shape index (κ3) is 2.16. The number of aryl methyl sites for hydroxylation is 3. The van der Waals surface area contributed by atoms with Gasteiger partial charge >= 0.3 is 0 Å². The summed E-state index contributed by atoms with van der Waals surface area (Å²) in [6.07, 6.45) is 11.9. The number of pyridine rings is 3. The summed E-state index contributed by atoms with van der Waals surface area (Å²) in [5.41, 5.74) is 9.56. The predicted octanol–water partition coefficient (Wildman–Crippen LogP) is 6.73.